The van der Waals surface area contributed by atoms with Crippen molar-refractivity contribution >= 4 is 17.6 Å². The Morgan fingerprint density at radius 1 is 1.06 bits per heavy atom. The van der Waals surface area contributed by atoms with Crippen LogP contribution in [-0.2, 0) is 22.6 Å². The number of anilines is 1. The SMILES string of the molecule is CC(C)[C@H](C(=O)N[C@@H](Cc1ccc(F)c(F)c1)C(=O)NCc1ccc(N)nc1)N(C)C. The van der Waals surface area contributed by atoms with Crippen molar-refractivity contribution in [1.82, 2.24) is 20.5 Å². The smallest absolute Gasteiger partial charge is 0.243 e. The molecule has 1 aromatic heterocycles. The average molecular weight is 434 g/mol. The fourth-order valence-electron chi connectivity index (χ4n) is 3.36. The second kappa shape index (κ2) is 10.8. The minimum Gasteiger partial charge on any atom is -0.384 e. The number of nitrogens with two attached hydrogens (primary N) is 1. The predicted octanol–water partition coefficient (Wildman–Crippen LogP) is 1.87. The summed E-state index contributed by atoms with van der Waals surface area (Å²) in [5.74, 6) is -2.39. The van der Waals surface area contributed by atoms with Crippen LogP contribution in [0.15, 0.2) is 36.5 Å². The van der Waals surface area contributed by atoms with E-state index in [0.29, 0.717) is 11.4 Å². The summed E-state index contributed by atoms with van der Waals surface area (Å²) in [7, 11) is 3.56. The Bertz CT molecular complexity index is 895. The first kappa shape index (κ1) is 24.2. The van der Waals surface area contributed by atoms with Gasteiger partial charge in [0.1, 0.15) is 11.9 Å². The van der Waals surface area contributed by atoms with Crippen LogP contribution >= 0.6 is 0 Å². The number of benzene rings is 1. The Hall–Kier alpha value is -3.07. The molecule has 0 fully saturated rings. The highest BCUT2D eigenvalue weighted by Crippen LogP contribution is 2.13. The first-order chi connectivity index (χ1) is 14.6. The van der Waals surface area contributed by atoms with Crippen LogP contribution in [0.25, 0.3) is 0 Å². The number of aromatic nitrogens is 1. The molecule has 2 atom stereocenters. The summed E-state index contributed by atoms with van der Waals surface area (Å²) in [4.78, 5) is 31.5. The third kappa shape index (κ3) is 6.99. The molecule has 0 aliphatic carbocycles. The number of halogens is 2. The molecule has 0 aliphatic heterocycles. The van der Waals surface area contributed by atoms with Crippen LogP contribution in [-0.4, -0.2) is 47.9 Å². The van der Waals surface area contributed by atoms with E-state index in [1.54, 1.807) is 37.3 Å². The number of amides is 2. The molecule has 0 radical (unpaired) electrons. The minimum atomic E-state index is -1.01. The highest BCUT2D eigenvalue weighted by molar-refractivity contribution is 5.90. The first-order valence-electron chi connectivity index (χ1n) is 9.97. The van der Waals surface area contributed by atoms with E-state index in [9.17, 15) is 18.4 Å². The Morgan fingerprint density at radius 2 is 1.74 bits per heavy atom. The zero-order chi connectivity index (χ0) is 23.1. The fourth-order valence-corrected chi connectivity index (χ4v) is 3.36. The Labute approximate surface area is 181 Å². The van der Waals surface area contributed by atoms with Crippen LogP contribution in [0.1, 0.15) is 25.0 Å². The lowest BCUT2D eigenvalue weighted by atomic mass is 10.00. The molecule has 1 heterocycles. The van der Waals surface area contributed by atoms with Crippen molar-refractivity contribution in [3.8, 4) is 0 Å². The Balaban J connectivity index is 2.18. The van der Waals surface area contributed by atoms with Gasteiger partial charge in [0.05, 0.1) is 6.04 Å². The number of nitrogens with zero attached hydrogens (tertiary/aromatic N) is 2. The average Bonchev–Trinajstić information content (AvgIpc) is 2.69. The van der Waals surface area contributed by atoms with Crippen LogP contribution < -0.4 is 16.4 Å². The highest BCUT2D eigenvalue weighted by Gasteiger charge is 2.29. The van der Waals surface area contributed by atoms with Crippen molar-refractivity contribution in [2.24, 2.45) is 5.92 Å². The van der Waals surface area contributed by atoms with Gasteiger partial charge < -0.3 is 16.4 Å². The number of likely N-dealkylation sites (N-methyl/N-ethyl adjacent to an activating group) is 1. The van der Waals surface area contributed by atoms with Crippen molar-refractivity contribution in [2.45, 2.75) is 38.9 Å². The lowest BCUT2D eigenvalue weighted by molar-refractivity contribution is -0.132. The Morgan fingerprint density at radius 3 is 2.29 bits per heavy atom. The highest BCUT2D eigenvalue weighted by atomic mass is 19.2. The van der Waals surface area contributed by atoms with E-state index in [1.165, 1.54) is 6.07 Å². The van der Waals surface area contributed by atoms with E-state index in [-0.39, 0.29) is 24.8 Å². The summed E-state index contributed by atoms with van der Waals surface area (Å²) >= 11 is 0. The molecule has 9 heteroatoms. The number of carbonyl (C=O) groups is 2. The van der Waals surface area contributed by atoms with E-state index in [1.807, 2.05) is 13.8 Å². The zero-order valence-corrected chi connectivity index (χ0v) is 18.2. The van der Waals surface area contributed by atoms with E-state index in [4.69, 9.17) is 5.73 Å². The summed E-state index contributed by atoms with van der Waals surface area (Å²) in [5.41, 5.74) is 6.68. The van der Waals surface area contributed by atoms with Gasteiger partial charge in [0, 0.05) is 19.2 Å². The van der Waals surface area contributed by atoms with E-state index < -0.39 is 29.6 Å². The molecule has 7 nitrogen and oxygen atoms in total. The van der Waals surface area contributed by atoms with Crippen LogP contribution in [0, 0.1) is 17.6 Å². The van der Waals surface area contributed by atoms with Gasteiger partial charge in [0.25, 0.3) is 0 Å². The van der Waals surface area contributed by atoms with E-state index in [0.717, 1.165) is 17.7 Å². The number of hydrogen-bond donors (Lipinski definition) is 3. The van der Waals surface area contributed by atoms with Crippen molar-refractivity contribution in [3.05, 3.63) is 59.3 Å². The quantitative estimate of drug-likeness (QED) is 0.561. The lowest BCUT2D eigenvalue weighted by Gasteiger charge is -2.29. The van der Waals surface area contributed by atoms with Gasteiger partial charge in [-0.15, -0.1) is 0 Å². The molecule has 4 N–H and O–H groups in total. The number of pyridine rings is 1. The van der Waals surface area contributed by atoms with Crippen molar-refractivity contribution < 1.29 is 18.4 Å². The third-order valence-corrected chi connectivity index (χ3v) is 4.83. The zero-order valence-electron chi connectivity index (χ0n) is 18.2. The van der Waals surface area contributed by atoms with E-state index >= 15 is 0 Å². The summed E-state index contributed by atoms with van der Waals surface area (Å²) < 4.78 is 26.9. The number of carbonyl (C=O) groups excluding carboxylic acids is 2. The van der Waals surface area contributed by atoms with Gasteiger partial charge in [0.2, 0.25) is 11.8 Å². The second-order valence-electron chi connectivity index (χ2n) is 7.98. The molecular weight excluding hydrogens is 404 g/mol. The molecule has 2 amide bonds. The summed E-state index contributed by atoms with van der Waals surface area (Å²) in [6.07, 6.45) is 1.55. The lowest BCUT2D eigenvalue weighted by Crippen LogP contribution is -2.54. The van der Waals surface area contributed by atoms with Crippen molar-refractivity contribution in [1.29, 1.82) is 0 Å². The van der Waals surface area contributed by atoms with Crippen molar-refractivity contribution in [3.63, 3.8) is 0 Å². The second-order valence-corrected chi connectivity index (χ2v) is 7.98. The number of rotatable bonds is 9. The molecule has 1 aromatic carbocycles. The van der Waals surface area contributed by atoms with Crippen LogP contribution in [0.4, 0.5) is 14.6 Å². The normalized spacial score (nSPS) is 13.2. The predicted molar refractivity (Wildman–Crippen MR) is 115 cm³/mol. The first-order valence-corrected chi connectivity index (χ1v) is 9.97. The summed E-state index contributed by atoms with van der Waals surface area (Å²) in [5, 5.41) is 5.51. The molecule has 0 spiro atoms. The number of hydrogen-bond acceptors (Lipinski definition) is 5. The molecule has 168 valence electrons. The standard InChI is InChI=1S/C22H29F2N5O2/c1-13(2)20(29(3)4)22(31)28-18(10-14-5-7-16(23)17(24)9-14)21(30)27-12-15-6-8-19(25)26-11-15/h5-9,11,13,18,20H,10,12H2,1-4H3,(H2,25,26)(H,27,30)(H,28,31)/t18-,20+/m0/s1. The fraction of sp³-hybridized carbons (Fsp3) is 0.409. The minimum absolute atomic E-state index is 0.00262. The van der Waals surface area contributed by atoms with Gasteiger partial charge in [-0.05, 0) is 49.3 Å². The maximum absolute atomic E-state index is 13.6. The Kier molecular flexibility index (Phi) is 8.44. The van der Waals surface area contributed by atoms with Crippen molar-refractivity contribution in [2.75, 3.05) is 19.8 Å². The topological polar surface area (TPSA) is 100 Å². The van der Waals surface area contributed by atoms with Gasteiger partial charge in [0.15, 0.2) is 11.6 Å². The molecular formula is C22H29F2N5O2. The molecule has 0 saturated carbocycles. The largest absolute Gasteiger partial charge is 0.384 e. The van der Waals surface area contributed by atoms with Crippen LogP contribution in [0.5, 0.6) is 0 Å². The van der Waals surface area contributed by atoms with Gasteiger partial charge >= 0.3 is 0 Å². The summed E-state index contributed by atoms with van der Waals surface area (Å²) in [6, 6.07) is 5.33. The summed E-state index contributed by atoms with van der Waals surface area (Å²) in [6.45, 7) is 3.99. The third-order valence-electron chi connectivity index (χ3n) is 4.83. The molecule has 0 saturated heterocycles. The van der Waals surface area contributed by atoms with Gasteiger partial charge in [-0.1, -0.05) is 26.0 Å². The van der Waals surface area contributed by atoms with Gasteiger partial charge in [-0.25, -0.2) is 13.8 Å². The van der Waals surface area contributed by atoms with Crippen LogP contribution in [0.3, 0.4) is 0 Å². The van der Waals surface area contributed by atoms with Gasteiger partial charge in [-0.3, -0.25) is 14.5 Å². The number of nitrogens with one attached hydrogen (secondary N) is 2. The molecule has 0 aliphatic rings. The maximum Gasteiger partial charge on any atom is 0.243 e. The molecule has 0 bridgehead atoms. The maximum atomic E-state index is 13.6. The monoisotopic (exact) mass is 433 g/mol. The van der Waals surface area contributed by atoms with E-state index in [2.05, 4.69) is 15.6 Å². The molecule has 2 aromatic rings. The van der Waals surface area contributed by atoms with Crippen LogP contribution in [0.2, 0.25) is 0 Å². The van der Waals surface area contributed by atoms with Gasteiger partial charge in [-0.2, -0.15) is 0 Å². The molecule has 0 unspecified atom stereocenters. The molecule has 31 heavy (non-hydrogen) atoms. The number of nitrogen functional groups attached to an aromatic ring is 1. The molecule has 2 rings (SSSR count).